The van der Waals surface area contributed by atoms with Gasteiger partial charge in [-0.05, 0) is 36.8 Å². The van der Waals surface area contributed by atoms with Crippen LogP contribution in [0.3, 0.4) is 0 Å². The van der Waals surface area contributed by atoms with Gasteiger partial charge in [-0.25, -0.2) is 4.98 Å². The Morgan fingerprint density at radius 3 is 2.64 bits per heavy atom. The average molecular weight is 402 g/mol. The molecule has 2 heterocycles. The molecule has 0 spiro atoms. The lowest BCUT2D eigenvalue weighted by atomic mass is 10.2. The summed E-state index contributed by atoms with van der Waals surface area (Å²) in [6, 6.07) is 13.1. The summed E-state index contributed by atoms with van der Waals surface area (Å²) in [5.41, 5.74) is 2.31. The summed E-state index contributed by atoms with van der Waals surface area (Å²) in [5, 5.41) is 0.501. The van der Waals surface area contributed by atoms with E-state index in [-0.39, 0.29) is 5.56 Å². The van der Waals surface area contributed by atoms with Gasteiger partial charge in [0.15, 0.2) is 0 Å². The van der Waals surface area contributed by atoms with Crippen LogP contribution in [0.5, 0.6) is 5.75 Å². The first kappa shape index (κ1) is 20.3. The number of rotatable bonds is 9. The highest BCUT2D eigenvalue weighted by Crippen LogP contribution is 2.15. The fourth-order valence-corrected chi connectivity index (χ4v) is 3.15. The van der Waals surface area contributed by atoms with Crippen LogP contribution in [0.1, 0.15) is 18.2 Å². The number of ether oxygens (including phenoxy) is 2. The topological polar surface area (TPSA) is 56.1 Å². The highest BCUT2D eigenvalue weighted by atomic mass is 35.5. The van der Waals surface area contributed by atoms with Crippen molar-refractivity contribution in [3.8, 4) is 5.75 Å². The molecule has 0 radical (unpaired) electrons. The van der Waals surface area contributed by atoms with Gasteiger partial charge in [-0.1, -0.05) is 23.7 Å². The van der Waals surface area contributed by atoms with Crippen LogP contribution in [0, 0.1) is 0 Å². The van der Waals surface area contributed by atoms with Crippen LogP contribution >= 0.6 is 11.6 Å². The van der Waals surface area contributed by atoms with Crippen LogP contribution < -0.4 is 10.3 Å². The number of methoxy groups -OCH3 is 1. The van der Waals surface area contributed by atoms with E-state index in [4.69, 9.17) is 21.1 Å². The second kappa shape index (κ2) is 9.68. The monoisotopic (exact) mass is 401 g/mol. The first-order chi connectivity index (χ1) is 13.6. The van der Waals surface area contributed by atoms with Gasteiger partial charge in [0.05, 0.1) is 23.9 Å². The first-order valence-corrected chi connectivity index (χ1v) is 9.57. The lowest BCUT2D eigenvalue weighted by Crippen LogP contribution is -2.28. The Bertz CT molecular complexity index is 973. The van der Waals surface area contributed by atoms with Crippen LogP contribution in [0.15, 0.2) is 53.5 Å². The number of benzene rings is 1. The molecular weight excluding hydrogens is 378 g/mol. The van der Waals surface area contributed by atoms with E-state index in [1.165, 1.54) is 4.40 Å². The molecule has 2 aromatic heterocycles. The summed E-state index contributed by atoms with van der Waals surface area (Å²) in [6.07, 6.45) is 1.58. The van der Waals surface area contributed by atoms with Crippen molar-refractivity contribution in [2.75, 3.05) is 26.9 Å². The lowest BCUT2D eigenvalue weighted by molar-refractivity contribution is 0.139. The summed E-state index contributed by atoms with van der Waals surface area (Å²) in [7, 11) is 1.68. The Balaban J connectivity index is 1.79. The predicted octanol–water partition coefficient (Wildman–Crippen LogP) is 3.40. The van der Waals surface area contributed by atoms with E-state index >= 15 is 0 Å². The number of hydrogen-bond acceptors (Lipinski definition) is 5. The van der Waals surface area contributed by atoms with E-state index in [0.717, 1.165) is 30.1 Å². The van der Waals surface area contributed by atoms with Crippen molar-refractivity contribution in [2.45, 2.75) is 20.0 Å². The average Bonchev–Trinajstić information content (AvgIpc) is 2.68. The molecule has 7 heteroatoms. The van der Waals surface area contributed by atoms with E-state index in [1.807, 2.05) is 19.1 Å². The van der Waals surface area contributed by atoms with E-state index < -0.39 is 0 Å². The number of halogens is 1. The number of pyridine rings is 1. The van der Waals surface area contributed by atoms with Gasteiger partial charge in [0.1, 0.15) is 11.4 Å². The van der Waals surface area contributed by atoms with Gasteiger partial charge in [0, 0.05) is 39.0 Å². The Morgan fingerprint density at radius 2 is 1.93 bits per heavy atom. The number of nitrogens with zero attached hydrogens (tertiary/aromatic N) is 3. The second-order valence-electron chi connectivity index (χ2n) is 6.44. The summed E-state index contributed by atoms with van der Waals surface area (Å²) in [4.78, 5) is 19.2. The Labute approximate surface area is 169 Å². The quantitative estimate of drug-likeness (QED) is 0.550. The molecular formula is C21H24ClN3O3. The zero-order valence-electron chi connectivity index (χ0n) is 16.1. The van der Waals surface area contributed by atoms with Crippen LogP contribution in [0.25, 0.3) is 5.65 Å². The van der Waals surface area contributed by atoms with E-state index in [0.29, 0.717) is 30.4 Å². The Kier molecular flexibility index (Phi) is 7.03. The molecule has 0 amide bonds. The van der Waals surface area contributed by atoms with Crippen molar-refractivity contribution in [1.29, 1.82) is 0 Å². The zero-order valence-corrected chi connectivity index (χ0v) is 16.9. The summed E-state index contributed by atoms with van der Waals surface area (Å²) in [5.74, 6) is 0.859. The molecule has 6 nitrogen and oxygen atoms in total. The van der Waals surface area contributed by atoms with E-state index in [2.05, 4.69) is 22.0 Å². The molecule has 0 saturated heterocycles. The minimum absolute atomic E-state index is 0.143. The molecule has 0 unspecified atom stereocenters. The first-order valence-electron chi connectivity index (χ1n) is 9.20. The zero-order chi connectivity index (χ0) is 19.9. The van der Waals surface area contributed by atoms with Crippen LogP contribution in [-0.2, 0) is 17.8 Å². The molecule has 0 bridgehead atoms. The molecule has 0 N–H and O–H groups in total. The molecule has 0 aliphatic heterocycles. The summed E-state index contributed by atoms with van der Waals surface area (Å²) >= 11 is 5.97. The van der Waals surface area contributed by atoms with Gasteiger partial charge in [-0.3, -0.25) is 14.1 Å². The highest BCUT2D eigenvalue weighted by molar-refractivity contribution is 6.30. The van der Waals surface area contributed by atoms with E-state index in [1.54, 1.807) is 31.5 Å². The van der Waals surface area contributed by atoms with Gasteiger partial charge in [-0.2, -0.15) is 0 Å². The minimum atomic E-state index is -0.143. The molecule has 0 atom stereocenters. The van der Waals surface area contributed by atoms with Gasteiger partial charge in [-0.15, -0.1) is 0 Å². The van der Waals surface area contributed by atoms with Crippen molar-refractivity contribution in [2.24, 2.45) is 0 Å². The molecule has 0 aliphatic carbocycles. The Morgan fingerprint density at radius 1 is 1.14 bits per heavy atom. The van der Waals surface area contributed by atoms with E-state index in [9.17, 15) is 4.79 Å². The van der Waals surface area contributed by atoms with Crippen LogP contribution in [0.4, 0.5) is 0 Å². The highest BCUT2D eigenvalue weighted by Gasteiger charge is 2.11. The second-order valence-corrected chi connectivity index (χ2v) is 6.88. The normalized spacial score (nSPS) is 11.3. The van der Waals surface area contributed by atoms with Crippen molar-refractivity contribution in [3.63, 3.8) is 0 Å². The molecule has 0 aliphatic rings. The fourth-order valence-electron chi connectivity index (χ4n) is 2.99. The molecule has 1 aromatic carbocycles. The predicted molar refractivity (Wildman–Crippen MR) is 110 cm³/mol. The molecule has 148 valence electrons. The Hall–Kier alpha value is -2.41. The molecule has 3 rings (SSSR count). The minimum Gasteiger partial charge on any atom is -0.494 e. The van der Waals surface area contributed by atoms with Crippen molar-refractivity contribution in [3.05, 3.63) is 75.3 Å². The molecule has 28 heavy (non-hydrogen) atoms. The van der Waals surface area contributed by atoms with Gasteiger partial charge in [0.2, 0.25) is 0 Å². The third-order valence-electron chi connectivity index (χ3n) is 4.31. The number of hydrogen-bond donors (Lipinski definition) is 0. The summed E-state index contributed by atoms with van der Waals surface area (Å²) in [6.45, 7) is 5.20. The van der Waals surface area contributed by atoms with Gasteiger partial charge in [0.25, 0.3) is 5.56 Å². The maximum Gasteiger partial charge on any atom is 0.258 e. The van der Waals surface area contributed by atoms with Gasteiger partial charge >= 0.3 is 0 Å². The van der Waals surface area contributed by atoms with Crippen molar-refractivity contribution in [1.82, 2.24) is 14.3 Å². The van der Waals surface area contributed by atoms with Crippen molar-refractivity contribution >= 4 is 17.2 Å². The third kappa shape index (κ3) is 5.32. The summed E-state index contributed by atoms with van der Waals surface area (Å²) < 4.78 is 12.2. The maximum atomic E-state index is 12.4. The molecule has 0 saturated carbocycles. The SMILES string of the molecule is CCOc1ccc(CN(CCOC)Cc2cc(=O)n3cc(Cl)ccc3n2)cc1. The number of fused-ring (bicyclic) bond motifs is 1. The third-order valence-corrected chi connectivity index (χ3v) is 4.54. The number of aromatic nitrogens is 2. The fraction of sp³-hybridized carbons (Fsp3) is 0.333. The van der Waals surface area contributed by atoms with Crippen molar-refractivity contribution < 1.29 is 9.47 Å². The molecule has 3 aromatic rings. The largest absolute Gasteiger partial charge is 0.494 e. The smallest absolute Gasteiger partial charge is 0.258 e. The van der Waals surface area contributed by atoms with Crippen LogP contribution in [0.2, 0.25) is 5.02 Å². The maximum absolute atomic E-state index is 12.4. The van der Waals surface area contributed by atoms with Gasteiger partial charge < -0.3 is 9.47 Å². The lowest BCUT2D eigenvalue weighted by Gasteiger charge is -2.22. The van der Waals surface area contributed by atoms with Crippen LogP contribution in [-0.4, -0.2) is 41.2 Å². The molecule has 0 fully saturated rings. The standard InChI is InChI=1S/C21H24ClN3O3/c1-3-28-19-7-4-16(5-8-19)13-24(10-11-27-2)15-18-12-21(26)25-14-17(22)6-9-20(25)23-18/h4-9,12,14H,3,10-11,13,15H2,1-2H3.